The highest BCUT2D eigenvalue weighted by molar-refractivity contribution is 7.99. The van der Waals surface area contributed by atoms with E-state index in [1.54, 1.807) is 23.9 Å². The molecular formula is C12H17NO3S. The van der Waals surface area contributed by atoms with Crippen molar-refractivity contribution in [3.63, 3.8) is 0 Å². The van der Waals surface area contributed by atoms with E-state index >= 15 is 0 Å². The molecule has 0 aromatic heterocycles. The Morgan fingerprint density at radius 2 is 2.06 bits per heavy atom. The molecule has 0 radical (unpaired) electrons. The van der Waals surface area contributed by atoms with E-state index < -0.39 is 12.0 Å². The minimum absolute atomic E-state index is 0.315. The summed E-state index contributed by atoms with van der Waals surface area (Å²) in [4.78, 5) is 10.5. The van der Waals surface area contributed by atoms with Gasteiger partial charge >= 0.3 is 5.97 Å². The maximum atomic E-state index is 10.5. The first kappa shape index (κ1) is 13.9. The lowest BCUT2D eigenvalue weighted by Gasteiger charge is -2.06. The van der Waals surface area contributed by atoms with Gasteiger partial charge in [0.25, 0.3) is 0 Å². The van der Waals surface area contributed by atoms with Crippen LogP contribution in [-0.4, -0.2) is 33.7 Å². The van der Waals surface area contributed by atoms with Crippen molar-refractivity contribution >= 4 is 17.7 Å². The predicted octanol–water partition coefficient (Wildman–Crippen LogP) is 1.47. The maximum Gasteiger partial charge on any atom is 0.320 e. The third-order valence-corrected chi connectivity index (χ3v) is 3.41. The number of hydrogen-bond donors (Lipinski definition) is 3. The van der Waals surface area contributed by atoms with Gasteiger partial charge in [-0.25, -0.2) is 0 Å². The van der Waals surface area contributed by atoms with Crippen LogP contribution in [0.1, 0.15) is 12.0 Å². The molecule has 0 bridgehead atoms. The molecule has 0 amide bonds. The summed E-state index contributed by atoms with van der Waals surface area (Å²) >= 11 is 1.65. The quantitative estimate of drug-likeness (QED) is 0.643. The van der Waals surface area contributed by atoms with Crippen molar-refractivity contribution in [3.05, 3.63) is 29.8 Å². The monoisotopic (exact) mass is 255 g/mol. The summed E-state index contributed by atoms with van der Waals surface area (Å²) in [6.45, 7) is 0. The molecule has 4 nitrogen and oxygen atoms in total. The number of nitrogens with two attached hydrogens (primary N) is 1. The molecule has 1 unspecified atom stereocenters. The van der Waals surface area contributed by atoms with E-state index in [0.29, 0.717) is 12.2 Å². The number of aliphatic carboxylic acids is 1. The smallest absolute Gasteiger partial charge is 0.320 e. The molecule has 0 aliphatic carbocycles. The predicted molar refractivity (Wildman–Crippen MR) is 69.4 cm³/mol. The van der Waals surface area contributed by atoms with E-state index in [-0.39, 0.29) is 0 Å². The number of benzene rings is 1. The van der Waals surface area contributed by atoms with Crippen molar-refractivity contribution in [2.45, 2.75) is 18.9 Å². The van der Waals surface area contributed by atoms with Crippen LogP contribution in [0.25, 0.3) is 0 Å². The van der Waals surface area contributed by atoms with Crippen LogP contribution in [0.5, 0.6) is 5.75 Å². The normalized spacial score (nSPS) is 12.3. The molecule has 0 aliphatic heterocycles. The van der Waals surface area contributed by atoms with Gasteiger partial charge in [-0.1, -0.05) is 18.2 Å². The summed E-state index contributed by atoms with van der Waals surface area (Å²) in [5.41, 5.74) is 6.30. The Balaban J connectivity index is 2.17. The van der Waals surface area contributed by atoms with Crippen molar-refractivity contribution in [1.82, 2.24) is 0 Å². The number of carboxylic acid groups (broad SMARTS) is 1. The molecule has 0 fully saturated rings. The molecule has 1 aromatic carbocycles. The van der Waals surface area contributed by atoms with Crippen LogP contribution >= 0.6 is 11.8 Å². The average Bonchev–Trinajstić information content (AvgIpc) is 2.30. The Kier molecular flexibility index (Phi) is 5.86. The van der Waals surface area contributed by atoms with Gasteiger partial charge in [0.2, 0.25) is 0 Å². The molecule has 17 heavy (non-hydrogen) atoms. The molecule has 4 N–H and O–H groups in total. The Bertz CT molecular complexity index is 371. The molecule has 0 heterocycles. The zero-order valence-electron chi connectivity index (χ0n) is 9.50. The van der Waals surface area contributed by atoms with Crippen molar-refractivity contribution in [2.75, 3.05) is 11.5 Å². The van der Waals surface area contributed by atoms with Gasteiger partial charge in [-0.3, -0.25) is 4.79 Å². The number of carbonyl (C=O) groups is 1. The Labute approximate surface area is 105 Å². The first-order chi connectivity index (χ1) is 8.11. The largest absolute Gasteiger partial charge is 0.508 e. The fraction of sp³-hybridized carbons (Fsp3) is 0.417. The van der Waals surface area contributed by atoms with E-state index in [0.717, 1.165) is 23.5 Å². The maximum absolute atomic E-state index is 10.5. The topological polar surface area (TPSA) is 83.5 Å². The molecule has 0 aliphatic rings. The molecule has 1 atom stereocenters. The van der Waals surface area contributed by atoms with Gasteiger partial charge in [-0.15, -0.1) is 0 Å². The van der Waals surface area contributed by atoms with Crippen LogP contribution in [0, 0.1) is 0 Å². The van der Waals surface area contributed by atoms with Gasteiger partial charge in [0.15, 0.2) is 0 Å². The molecule has 0 saturated heterocycles. The fourth-order valence-corrected chi connectivity index (χ4v) is 2.33. The Morgan fingerprint density at radius 1 is 1.35 bits per heavy atom. The van der Waals surface area contributed by atoms with Gasteiger partial charge in [0.05, 0.1) is 0 Å². The molecule has 0 spiro atoms. The molecule has 94 valence electrons. The zero-order valence-corrected chi connectivity index (χ0v) is 10.3. The van der Waals surface area contributed by atoms with Gasteiger partial charge in [0, 0.05) is 0 Å². The number of carboxylic acids is 1. The Morgan fingerprint density at radius 3 is 2.71 bits per heavy atom. The van der Waals surface area contributed by atoms with E-state index in [9.17, 15) is 9.90 Å². The summed E-state index contributed by atoms with van der Waals surface area (Å²) in [6, 6.07) is 6.46. The number of rotatable bonds is 7. The highest BCUT2D eigenvalue weighted by Gasteiger charge is 2.10. The van der Waals surface area contributed by atoms with E-state index in [1.807, 2.05) is 12.1 Å². The summed E-state index contributed by atoms with van der Waals surface area (Å²) in [7, 11) is 0. The van der Waals surface area contributed by atoms with Gasteiger partial charge in [-0.2, -0.15) is 11.8 Å². The van der Waals surface area contributed by atoms with E-state index in [4.69, 9.17) is 10.8 Å². The van der Waals surface area contributed by atoms with Crippen molar-refractivity contribution in [2.24, 2.45) is 5.73 Å². The lowest BCUT2D eigenvalue weighted by Crippen LogP contribution is -2.30. The van der Waals surface area contributed by atoms with Crippen LogP contribution in [0.15, 0.2) is 24.3 Å². The fourth-order valence-electron chi connectivity index (χ4n) is 1.34. The third-order valence-electron chi connectivity index (χ3n) is 2.40. The van der Waals surface area contributed by atoms with Crippen molar-refractivity contribution < 1.29 is 15.0 Å². The van der Waals surface area contributed by atoms with Gasteiger partial charge < -0.3 is 15.9 Å². The van der Waals surface area contributed by atoms with E-state index in [2.05, 4.69) is 0 Å². The number of para-hydroxylation sites is 1. The number of aromatic hydroxyl groups is 1. The molecular weight excluding hydrogens is 238 g/mol. The molecule has 1 rings (SSSR count). The molecule has 5 heteroatoms. The second kappa shape index (κ2) is 7.19. The third kappa shape index (κ3) is 5.10. The van der Waals surface area contributed by atoms with Crippen molar-refractivity contribution in [3.8, 4) is 5.75 Å². The number of hydrogen-bond acceptors (Lipinski definition) is 4. The summed E-state index contributed by atoms with van der Waals surface area (Å²) < 4.78 is 0. The van der Waals surface area contributed by atoms with Gasteiger partial charge in [-0.05, 0) is 36.0 Å². The van der Waals surface area contributed by atoms with Crippen LogP contribution in [0.4, 0.5) is 0 Å². The summed E-state index contributed by atoms with van der Waals surface area (Å²) in [6.07, 6.45) is 1.25. The van der Waals surface area contributed by atoms with E-state index in [1.165, 1.54) is 0 Å². The SMILES string of the molecule is NC(CCSCCc1ccccc1O)C(=O)O. The number of thioether (sulfide) groups is 1. The second-order valence-corrected chi connectivity index (χ2v) is 4.95. The van der Waals surface area contributed by atoms with Crippen molar-refractivity contribution in [1.29, 1.82) is 0 Å². The molecule has 0 saturated carbocycles. The highest BCUT2D eigenvalue weighted by atomic mass is 32.2. The van der Waals surface area contributed by atoms with Crippen LogP contribution in [0.2, 0.25) is 0 Å². The zero-order chi connectivity index (χ0) is 12.7. The van der Waals surface area contributed by atoms with Crippen LogP contribution in [0.3, 0.4) is 0 Å². The van der Waals surface area contributed by atoms with Gasteiger partial charge in [0.1, 0.15) is 11.8 Å². The second-order valence-electron chi connectivity index (χ2n) is 3.72. The highest BCUT2D eigenvalue weighted by Crippen LogP contribution is 2.18. The average molecular weight is 255 g/mol. The first-order valence-electron chi connectivity index (χ1n) is 5.44. The first-order valence-corrected chi connectivity index (χ1v) is 6.59. The number of phenolic OH excluding ortho intramolecular Hbond substituents is 1. The summed E-state index contributed by atoms with van der Waals surface area (Å²) in [5, 5.41) is 18.1. The van der Waals surface area contributed by atoms with Crippen LogP contribution in [-0.2, 0) is 11.2 Å². The lowest BCUT2D eigenvalue weighted by molar-refractivity contribution is -0.138. The molecule has 1 aromatic rings. The van der Waals surface area contributed by atoms with Crippen LogP contribution < -0.4 is 5.73 Å². The summed E-state index contributed by atoms with van der Waals surface area (Å²) in [5.74, 6) is 0.937. The lowest BCUT2D eigenvalue weighted by atomic mass is 10.1. The standard InChI is InChI=1S/C12H17NO3S/c13-10(12(15)16)6-8-17-7-5-9-3-1-2-4-11(9)14/h1-4,10,14H,5-8,13H2,(H,15,16). The number of phenols is 1. The minimum atomic E-state index is -0.952. The Hall–Kier alpha value is -1.20. The minimum Gasteiger partial charge on any atom is -0.508 e. The number of aryl methyl sites for hydroxylation is 1.